The van der Waals surface area contributed by atoms with Crippen LogP contribution in [0.25, 0.3) is 16.6 Å². The van der Waals surface area contributed by atoms with Gasteiger partial charge < -0.3 is 5.32 Å². The molecule has 0 saturated heterocycles. The van der Waals surface area contributed by atoms with Gasteiger partial charge in [-0.15, -0.1) is 0 Å². The van der Waals surface area contributed by atoms with E-state index in [1.165, 1.54) is 0 Å². The maximum absolute atomic E-state index is 6.21. The van der Waals surface area contributed by atoms with Crippen molar-refractivity contribution in [3.8, 4) is 0 Å². The molecule has 0 atom stereocenters. The van der Waals surface area contributed by atoms with Crippen molar-refractivity contribution in [2.45, 2.75) is 6.92 Å². The lowest BCUT2D eigenvalue weighted by atomic mass is 10.2. The van der Waals surface area contributed by atoms with Gasteiger partial charge in [0, 0.05) is 29.8 Å². The molecule has 0 bridgehead atoms. The quantitative estimate of drug-likeness (QED) is 0.577. The summed E-state index contributed by atoms with van der Waals surface area (Å²) in [4.78, 5) is 4.30. The molecule has 4 rings (SSSR count). The molecule has 0 aliphatic heterocycles. The number of benzene rings is 1. The lowest BCUT2D eigenvalue weighted by Crippen LogP contribution is -2.04. The Hall–Kier alpha value is -2.60. The summed E-state index contributed by atoms with van der Waals surface area (Å²) >= 11 is 6.21. The number of aromatic nitrogens is 5. The van der Waals surface area contributed by atoms with Gasteiger partial charge in [0.05, 0.1) is 17.9 Å². The fourth-order valence-corrected chi connectivity index (χ4v) is 2.70. The lowest BCUT2D eigenvalue weighted by molar-refractivity contribution is 0.797. The van der Waals surface area contributed by atoms with Gasteiger partial charge in [0.2, 0.25) is 0 Å². The molecule has 0 amide bonds. The molecule has 0 aliphatic rings. The molecule has 6 nitrogen and oxygen atoms in total. The van der Waals surface area contributed by atoms with E-state index in [-0.39, 0.29) is 0 Å². The largest absolute Gasteiger partial charge is 0.340 e. The van der Waals surface area contributed by atoms with Crippen LogP contribution < -0.4 is 5.32 Å². The van der Waals surface area contributed by atoms with Crippen LogP contribution in [0.2, 0.25) is 5.15 Å². The average molecular weight is 313 g/mol. The predicted octanol–water partition coefficient (Wildman–Crippen LogP) is 3.32. The van der Waals surface area contributed by atoms with Crippen LogP contribution in [-0.2, 0) is 7.05 Å². The number of nitrogens with one attached hydrogen (secondary N) is 1. The van der Waals surface area contributed by atoms with E-state index < -0.39 is 0 Å². The van der Waals surface area contributed by atoms with Crippen LogP contribution >= 0.6 is 11.6 Å². The van der Waals surface area contributed by atoms with Gasteiger partial charge in [-0.25, -0.2) is 4.98 Å². The number of hydrogen-bond donors (Lipinski definition) is 1. The Bertz CT molecular complexity index is 1000. The number of fused-ring (bicyclic) bond motifs is 2. The molecule has 0 saturated carbocycles. The van der Waals surface area contributed by atoms with Crippen LogP contribution in [0.4, 0.5) is 11.5 Å². The van der Waals surface area contributed by atoms with Crippen LogP contribution in [-0.4, -0.2) is 24.4 Å². The zero-order chi connectivity index (χ0) is 15.3. The highest BCUT2D eigenvalue weighted by atomic mass is 35.5. The van der Waals surface area contributed by atoms with Gasteiger partial charge in [-0.3, -0.25) is 4.68 Å². The van der Waals surface area contributed by atoms with Gasteiger partial charge in [0.25, 0.3) is 0 Å². The molecule has 0 fully saturated rings. The molecule has 110 valence electrons. The second-order valence-corrected chi connectivity index (χ2v) is 5.50. The number of halogens is 1. The van der Waals surface area contributed by atoms with Crippen molar-refractivity contribution in [2.24, 2.45) is 7.05 Å². The topological polar surface area (TPSA) is 60.0 Å². The minimum Gasteiger partial charge on any atom is -0.340 e. The minimum absolute atomic E-state index is 0.470. The highest BCUT2D eigenvalue weighted by Gasteiger charge is 2.12. The smallest absolute Gasteiger partial charge is 0.159 e. The first-order chi connectivity index (χ1) is 10.6. The van der Waals surface area contributed by atoms with E-state index in [1.807, 2.05) is 49.1 Å². The molecular weight excluding hydrogens is 300 g/mol. The summed E-state index contributed by atoms with van der Waals surface area (Å²) in [7, 11) is 1.93. The summed E-state index contributed by atoms with van der Waals surface area (Å²) in [5.74, 6) is 0.809. The zero-order valence-corrected chi connectivity index (χ0v) is 12.8. The van der Waals surface area contributed by atoms with Crippen molar-refractivity contribution in [1.29, 1.82) is 0 Å². The molecule has 0 spiro atoms. The van der Waals surface area contributed by atoms with Crippen LogP contribution in [0.5, 0.6) is 0 Å². The number of aryl methyl sites for hydroxylation is 1. The molecule has 0 unspecified atom stereocenters. The van der Waals surface area contributed by atoms with Crippen LogP contribution in [0.15, 0.2) is 36.7 Å². The lowest BCUT2D eigenvalue weighted by Gasteiger charge is -2.12. The van der Waals surface area contributed by atoms with E-state index in [1.54, 1.807) is 10.7 Å². The summed E-state index contributed by atoms with van der Waals surface area (Å²) < 4.78 is 3.59. The molecule has 22 heavy (non-hydrogen) atoms. The Balaban J connectivity index is 1.84. The van der Waals surface area contributed by atoms with Gasteiger partial charge in [0.15, 0.2) is 5.65 Å². The van der Waals surface area contributed by atoms with E-state index in [9.17, 15) is 0 Å². The first-order valence-corrected chi connectivity index (χ1v) is 7.20. The standard InChI is InChI=1S/C15H13ClN6/c1-9-14(16)20-13-5-6-17-22(13)15(9)19-11-3-4-12-10(7-11)8-18-21(12)2/h3-8,19H,1-2H3. The molecule has 3 aromatic heterocycles. The maximum Gasteiger partial charge on any atom is 0.159 e. The molecule has 0 aliphatic carbocycles. The second kappa shape index (κ2) is 4.71. The molecule has 4 aromatic rings. The summed E-state index contributed by atoms with van der Waals surface area (Å²) in [6.07, 6.45) is 3.55. The van der Waals surface area contributed by atoms with Crippen molar-refractivity contribution in [3.63, 3.8) is 0 Å². The summed E-state index contributed by atoms with van der Waals surface area (Å²) in [5.41, 5.74) is 3.59. The molecular formula is C15H13ClN6. The second-order valence-electron chi connectivity index (χ2n) is 5.14. The Labute approximate surface area is 131 Å². The summed E-state index contributed by atoms with van der Waals surface area (Å²) in [6.45, 7) is 1.92. The summed E-state index contributed by atoms with van der Waals surface area (Å²) in [6, 6.07) is 7.91. The van der Waals surface area contributed by atoms with Gasteiger partial charge in [-0.1, -0.05) is 11.6 Å². The Morgan fingerprint density at radius 1 is 1.18 bits per heavy atom. The number of anilines is 2. The molecule has 1 aromatic carbocycles. The van der Waals surface area contributed by atoms with Crippen LogP contribution in [0.3, 0.4) is 0 Å². The first-order valence-electron chi connectivity index (χ1n) is 6.82. The third-order valence-corrected chi connectivity index (χ3v) is 4.09. The number of hydrogen-bond acceptors (Lipinski definition) is 4. The number of rotatable bonds is 2. The van der Waals surface area contributed by atoms with Crippen molar-refractivity contribution >= 4 is 39.7 Å². The average Bonchev–Trinajstić information content (AvgIpc) is 3.11. The normalized spacial score (nSPS) is 11.4. The fraction of sp³-hybridized carbons (Fsp3) is 0.133. The Morgan fingerprint density at radius 3 is 2.91 bits per heavy atom. The minimum atomic E-state index is 0.470. The summed E-state index contributed by atoms with van der Waals surface area (Å²) in [5, 5.41) is 13.5. The van der Waals surface area contributed by atoms with Crippen molar-refractivity contribution < 1.29 is 0 Å². The Morgan fingerprint density at radius 2 is 2.05 bits per heavy atom. The number of nitrogens with zero attached hydrogens (tertiary/aromatic N) is 5. The van der Waals surface area contributed by atoms with Gasteiger partial charge in [-0.05, 0) is 25.1 Å². The maximum atomic E-state index is 6.21. The van der Waals surface area contributed by atoms with E-state index in [0.29, 0.717) is 10.8 Å². The van der Waals surface area contributed by atoms with Crippen LogP contribution in [0, 0.1) is 6.92 Å². The van der Waals surface area contributed by atoms with E-state index in [0.717, 1.165) is 28.0 Å². The van der Waals surface area contributed by atoms with E-state index in [2.05, 4.69) is 20.5 Å². The SMILES string of the molecule is Cc1c(Cl)nc2ccnn2c1Nc1ccc2c(cnn2C)c1. The third-order valence-electron chi connectivity index (χ3n) is 3.72. The third kappa shape index (κ3) is 1.92. The highest BCUT2D eigenvalue weighted by molar-refractivity contribution is 6.30. The molecule has 1 N–H and O–H groups in total. The van der Waals surface area contributed by atoms with Gasteiger partial charge in [0.1, 0.15) is 11.0 Å². The predicted molar refractivity (Wildman–Crippen MR) is 86.7 cm³/mol. The fourth-order valence-electron chi connectivity index (χ4n) is 2.52. The van der Waals surface area contributed by atoms with Crippen molar-refractivity contribution in [3.05, 3.63) is 47.4 Å². The Kier molecular flexibility index (Phi) is 2.80. The van der Waals surface area contributed by atoms with E-state index >= 15 is 0 Å². The molecule has 3 heterocycles. The highest BCUT2D eigenvalue weighted by Crippen LogP contribution is 2.27. The van der Waals surface area contributed by atoms with Gasteiger partial charge >= 0.3 is 0 Å². The monoisotopic (exact) mass is 312 g/mol. The van der Waals surface area contributed by atoms with Crippen LogP contribution in [0.1, 0.15) is 5.56 Å². The first kappa shape index (κ1) is 13.1. The van der Waals surface area contributed by atoms with Crippen molar-refractivity contribution in [2.75, 3.05) is 5.32 Å². The van der Waals surface area contributed by atoms with E-state index in [4.69, 9.17) is 11.6 Å². The van der Waals surface area contributed by atoms with Crippen molar-refractivity contribution in [1.82, 2.24) is 24.4 Å². The molecule has 7 heteroatoms. The molecule has 0 radical (unpaired) electrons. The van der Waals surface area contributed by atoms with Gasteiger partial charge in [-0.2, -0.15) is 14.7 Å². The zero-order valence-electron chi connectivity index (χ0n) is 12.1.